The Balaban J connectivity index is 2.62. The number of carbonyl (C=O) groups excluding carboxylic acids is 1. The third-order valence-electron chi connectivity index (χ3n) is 2.25. The highest BCUT2D eigenvalue weighted by molar-refractivity contribution is 5.80. The second-order valence-electron chi connectivity index (χ2n) is 3.43. The van der Waals surface area contributed by atoms with Crippen LogP contribution in [0.5, 0.6) is 0 Å². The molecule has 1 aromatic rings. The molecular weight excluding hydrogens is 188 g/mol. The minimum absolute atomic E-state index is 0.00121. The standard InChI is InChI=1S/C12H18N2O/c1-3-6-10-7-4-5-8-11(10)14-9-12(15)13-2/h4-5,7-8,14H,3,6,9H2,1-2H3,(H,13,15). The second kappa shape index (κ2) is 6.06. The van der Waals surface area contributed by atoms with E-state index in [2.05, 4.69) is 23.6 Å². The van der Waals surface area contributed by atoms with Crippen molar-refractivity contribution in [3.05, 3.63) is 29.8 Å². The van der Waals surface area contributed by atoms with Crippen LogP contribution in [0.2, 0.25) is 0 Å². The average Bonchev–Trinajstić information content (AvgIpc) is 2.28. The van der Waals surface area contributed by atoms with Gasteiger partial charge in [-0.1, -0.05) is 31.5 Å². The summed E-state index contributed by atoms with van der Waals surface area (Å²) >= 11 is 0. The molecule has 1 rings (SSSR count). The van der Waals surface area contributed by atoms with Crippen LogP contribution in [-0.4, -0.2) is 19.5 Å². The van der Waals surface area contributed by atoms with E-state index in [1.807, 2.05) is 18.2 Å². The molecule has 2 N–H and O–H groups in total. The highest BCUT2D eigenvalue weighted by Gasteiger charge is 2.02. The van der Waals surface area contributed by atoms with E-state index in [1.54, 1.807) is 7.05 Å². The summed E-state index contributed by atoms with van der Waals surface area (Å²) in [4.78, 5) is 11.1. The Morgan fingerprint density at radius 1 is 1.33 bits per heavy atom. The lowest BCUT2D eigenvalue weighted by molar-refractivity contribution is -0.118. The molecular formula is C12H18N2O. The highest BCUT2D eigenvalue weighted by atomic mass is 16.1. The molecule has 0 heterocycles. The summed E-state index contributed by atoms with van der Waals surface area (Å²) in [6.07, 6.45) is 2.15. The number of hydrogen-bond donors (Lipinski definition) is 2. The number of aryl methyl sites for hydroxylation is 1. The predicted octanol–water partition coefficient (Wildman–Crippen LogP) is 1.80. The molecule has 0 spiro atoms. The highest BCUT2D eigenvalue weighted by Crippen LogP contribution is 2.16. The van der Waals surface area contributed by atoms with Gasteiger partial charge in [-0.15, -0.1) is 0 Å². The number of likely N-dealkylation sites (N-methyl/N-ethyl adjacent to an activating group) is 1. The van der Waals surface area contributed by atoms with Crippen molar-refractivity contribution in [1.29, 1.82) is 0 Å². The van der Waals surface area contributed by atoms with Gasteiger partial charge in [-0.05, 0) is 18.1 Å². The van der Waals surface area contributed by atoms with E-state index in [1.165, 1.54) is 5.56 Å². The Morgan fingerprint density at radius 2 is 2.07 bits per heavy atom. The summed E-state index contributed by atoms with van der Waals surface area (Å²) in [5, 5.41) is 5.72. The van der Waals surface area contributed by atoms with Crippen molar-refractivity contribution in [1.82, 2.24) is 5.32 Å². The van der Waals surface area contributed by atoms with Gasteiger partial charge in [-0.3, -0.25) is 4.79 Å². The van der Waals surface area contributed by atoms with Gasteiger partial charge in [0.15, 0.2) is 0 Å². The van der Waals surface area contributed by atoms with Crippen LogP contribution >= 0.6 is 0 Å². The third-order valence-corrected chi connectivity index (χ3v) is 2.25. The topological polar surface area (TPSA) is 41.1 Å². The van der Waals surface area contributed by atoms with E-state index in [4.69, 9.17) is 0 Å². The van der Waals surface area contributed by atoms with Crippen LogP contribution in [0.3, 0.4) is 0 Å². The summed E-state index contributed by atoms with van der Waals surface area (Å²) < 4.78 is 0. The van der Waals surface area contributed by atoms with E-state index < -0.39 is 0 Å². The minimum atomic E-state index is 0.00121. The van der Waals surface area contributed by atoms with Gasteiger partial charge in [0.1, 0.15) is 0 Å². The Bertz CT molecular complexity index is 323. The minimum Gasteiger partial charge on any atom is -0.376 e. The smallest absolute Gasteiger partial charge is 0.239 e. The Kier molecular flexibility index (Phi) is 4.68. The summed E-state index contributed by atoms with van der Waals surface area (Å²) in [7, 11) is 1.64. The van der Waals surface area contributed by atoms with Gasteiger partial charge >= 0.3 is 0 Å². The van der Waals surface area contributed by atoms with E-state index >= 15 is 0 Å². The van der Waals surface area contributed by atoms with E-state index in [0.717, 1.165) is 18.5 Å². The molecule has 0 aliphatic rings. The zero-order chi connectivity index (χ0) is 11.1. The molecule has 0 saturated carbocycles. The third kappa shape index (κ3) is 3.62. The fraction of sp³-hybridized carbons (Fsp3) is 0.417. The maximum absolute atomic E-state index is 11.1. The van der Waals surface area contributed by atoms with Crippen molar-refractivity contribution in [3.8, 4) is 0 Å². The Labute approximate surface area is 90.9 Å². The monoisotopic (exact) mass is 206 g/mol. The Hall–Kier alpha value is -1.51. The number of rotatable bonds is 5. The van der Waals surface area contributed by atoms with Crippen LogP contribution in [0, 0.1) is 0 Å². The van der Waals surface area contributed by atoms with Crippen LogP contribution in [0.4, 0.5) is 5.69 Å². The zero-order valence-corrected chi connectivity index (χ0v) is 9.34. The molecule has 0 aliphatic heterocycles. The number of hydrogen-bond acceptors (Lipinski definition) is 2. The number of benzene rings is 1. The summed E-state index contributed by atoms with van der Waals surface area (Å²) in [5.41, 5.74) is 2.33. The average molecular weight is 206 g/mol. The molecule has 0 radical (unpaired) electrons. The van der Waals surface area contributed by atoms with Crippen molar-refractivity contribution in [2.75, 3.05) is 18.9 Å². The van der Waals surface area contributed by atoms with Crippen LogP contribution < -0.4 is 10.6 Å². The molecule has 0 bridgehead atoms. The van der Waals surface area contributed by atoms with Crippen LogP contribution in [0.25, 0.3) is 0 Å². The van der Waals surface area contributed by atoms with E-state index in [0.29, 0.717) is 6.54 Å². The number of carbonyl (C=O) groups is 1. The lowest BCUT2D eigenvalue weighted by atomic mass is 10.1. The fourth-order valence-corrected chi connectivity index (χ4v) is 1.44. The van der Waals surface area contributed by atoms with Gasteiger partial charge in [0, 0.05) is 12.7 Å². The molecule has 3 nitrogen and oxygen atoms in total. The van der Waals surface area contributed by atoms with Gasteiger partial charge in [0.25, 0.3) is 0 Å². The quantitative estimate of drug-likeness (QED) is 0.771. The molecule has 0 atom stereocenters. The first-order valence-electron chi connectivity index (χ1n) is 5.30. The van der Waals surface area contributed by atoms with Crippen molar-refractivity contribution in [2.24, 2.45) is 0 Å². The first-order valence-corrected chi connectivity index (χ1v) is 5.30. The van der Waals surface area contributed by atoms with E-state index in [9.17, 15) is 4.79 Å². The summed E-state index contributed by atoms with van der Waals surface area (Å²) in [6.45, 7) is 2.48. The largest absolute Gasteiger partial charge is 0.376 e. The van der Waals surface area contributed by atoms with Crippen LogP contribution in [0.15, 0.2) is 24.3 Å². The van der Waals surface area contributed by atoms with Crippen molar-refractivity contribution in [2.45, 2.75) is 19.8 Å². The lowest BCUT2D eigenvalue weighted by Crippen LogP contribution is -2.26. The molecule has 82 valence electrons. The maximum atomic E-state index is 11.1. The zero-order valence-electron chi connectivity index (χ0n) is 9.34. The van der Waals surface area contributed by atoms with Crippen molar-refractivity contribution in [3.63, 3.8) is 0 Å². The van der Waals surface area contributed by atoms with Gasteiger partial charge in [-0.2, -0.15) is 0 Å². The molecule has 15 heavy (non-hydrogen) atoms. The molecule has 0 aromatic heterocycles. The fourth-order valence-electron chi connectivity index (χ4n) is 1.44. The number of nitrogens with one attached hydrogen (secondary N) is 2. The molecule has 0 unspecified atom stereocenters. The first-order chi connectivity index (χ1) is 7.27. The summed E-state index contributed by atoms with van der Waals surface area (Å²) in [5.74, 6) is 0.00121. The van der Waals surface area contributed by atoms with Crippen LogP contribution in [0.1, 0.15) is 18.9 Å². The Morgan fingerprint density at radius 3 is 2.73 bits per heavy atom. The van der Waals surface area contributed by atoms with Gasteiger partial charge in [-0.25, -0.2) is 0 Å². The molecule has 1 aromatic carbocycles. The van der Waals surface area contributed by atoms with Crippen LogP contribution in [-0.2, 0) is 11.2 Å². The second-order valence-corrected chi connectivity index (χ2v) is 3.43. The van der Waals surface area contributed by atoms with Crippen molar-refractivity contribution < 1.29 is 4.79 Å². The summed E-state index contributed by atoms with van der Waals surface area (Å²) in [6, 6.07) is 8.10. The molecule has 0 fully saturated rings. The molecule has 1 amide bonds. The maximum Gasteiger partial charge on any atom is 0.239 e. The lowest BCUT2D eigenvalue weighted by Gasteiger charge is -2.10. The number of amides is 1. The predicted molar refractivity (Wildman–Crippen MR) is 63.0 cm³/mol. The first kappa shape index (κ1) is 11.6. The number of anilines is 1. The van der Waals surface area contributed by atoms with Gasteiger partial charge in [0.05, 0.1) is 6.54 Å². The molecule has 0 aliphatic carbocycles. The number of para-hydroxylation sites is 1. The van der Waals surface area contributed by atoms with Crippen molar-refractivity contribution >= 4 is 11.6 Å². The SMILES string of the molecule is CCCc1ccccc1NCC(=O)NC. The molecule has 3 heteroatoms. The van der Waals surface area contributed by atoms with Gasteiger partial charge < -0.3 is 10.6 Å². The normalized spacial score (nSPS) is 9.73. The molecule has 0 saturated heterocycles. The van der Waals surface area contributed by atoms with Gasteiger partial charge in [0.2, 0.25) is 5.91 Å². The van der Waals surface area contributed by atoms with E-state index in [-0.39, 0.29) is 5.91 Å².